The second kappa shape index (κ2) is 6.27. The van der Waals surface area contributed by atoms with E-state index in [4.69, 9.17) is 17.3 Å². The van der Waals surface area contributed by atoms with E-state index in [-0.39, 0.29) is 6.04 Å². The molecule has 2 N–H and O–H groups in total. The molecule has 1 aromatic rings. The highest BCUT2D eigenvalue weighted by Gasteiger charge is 2.12. The lowest BCUT2D eigenvalue weighted by Gasteiger charge is -2.29. The van der Waals surface area contributed by atoms with Crippen molar-refractivity contribution in [1.82, 2.24) is 0 Å². The summed E-state index contributed by atoms with van der Waals surface area (Å²) >= 11 is 6.27. The fraction of sp³-hybridized carbons (Fsp3) is 0.571. The molecule has 17 heavy (non-hydrogen) atoms. The highest BCUT2D eigenvalue weighted by molar-refractivity contribution is 6.31. The smallest absolute Gasteiger partial charge is 0.0474 e. The monoisotopic (exact) mass is 254 g/mol. The predicted molar refractivity (Wildman–Crippen MR) is 76.8 cm³/mol. The van der Waals surface area contributed by atoms with E-state index in [0.29, 0.717) is 6.04 Å². The average Bonchev–Trinajstić information content (AvgIpc) is 2.24. The zero-order chi connectivity index (χ0) is 13.0. The van der Waals surface area contributed by atoms with Gasteiger partial charge in [0.2, 0.25) is 0 Å². The highest BCUT2D eigenvalue weighted by Crippen LogP contribution is 2.28. The van der Waals surface area contributed by atoms with Crippen molar-refractivity contribution in [2.75, 3.05) is 11.4 Å². The Morgan fingerprint density at radius 1 is 1.29 bits per heavy atom. The molecule has 1 atom stereocenters. The van der Waals surface area contributed by atoms with Crippen LogP contribution in [0, 0.1) is 0 Å². The van der Waals surface area contributed by atoms with Gasteiger partial charge in [0.05, 0.1) is 0 Å². The summed E-state index contributed by atoms with van der Waals surface area (Å²) in [5, 5.41) is 0.763. The molecule has 0 spiro atoms. The van der Waals surface area contributed by atoms with E-state index in [9.17, 15) is 0 Å². The van der Waals surface area contributed by atoms with Crippen molar-refractivity contribution in [1.29, 1.82) is 0 Å². The molecule has 0 bridgehead atoms. The Kier molecular flexibility index (Phi) is 5.29. The third-order valence-corrected chi connectivity index (χ3v) is 3.22. The third-order valence-electron chi connectivity index (χ3n) is 2.89. The molecule has 0 heterocycles. The lowest BCUT2D eigenvalue weighted by molar-refractivity contribution is 0.671. The highest BCUT2D eigenvalue weighted by atomic mass is 35.5. The van der Waals surface area contributed by atoms with Gasteiger partial charge < -0.3 is 10.6 Å². The molecule has 2 nitrogen and oxygen atoms in total. The van der Waals surface area contributed by atoms with Gasteiger partial charge in [-0.3, -0.25) is 0 Å². The van der Waals surface area contributed by atoms with E-state index in [1.54, 1.807) is 0 Å². The Balaban J connectivity index is 3.02. The van der Waals surface area contributed by atoms with Crippen LogP contribution in [0.5, 0.6) is 0 Å². The average molecular weight is 255 g/mol. The number of hydrogen-bond donors (Lipinski definition) is 1. The van der Waals surface area contributed by atoms with Gasteiger partial charge in [0.1, 0.15) is 0 Å². The van der Waals surface area contributed by atoms with Crippen molar-refractivity contribution >= 4 is 17.3 Å². The van der Waals surface area contributed by atoms with E-state index < -0.39 is 0 Å². The number of rotatable bonds is 5. The van der Waals surface area contributed by atoms with Crippen molar-refractivity contribution in [2.45, 2.75) is 46.2 Å². The third kappa shape index (κ3) is 3.62. The van der Waals surface area contributed by atoms with Crippen LogP contribution in [0.25, 0.3) is 0 Å². The number of nitrogens with zero attached hydrogens (tertiary/aromatic N) is 1. The molecule has 0 saturated carbocycles. The topological polar surface area (TPSA) is 29.3 Å². The van der Waals surface area contributed by atoms with Gasteiger partial charge in [0.15, 0.2) is 0 Å². The summed E-state index contributed by atoms with van der Waals surface area (Å²) in [5.41, 5.74) is 8.05. The number of halogens is 1. The minimum atomic E-state index is -0.0183. The Bertz CT molecular complexity index is 361. The summed E-state index contributed by atoms with van der Waals surface area (Å²) in [6, 6.07) is 6.63. The maximum Gasteiger partial charge on any atom is 0.0474 e. The first-order chi connectivity index (χ1) is 7.97. The van der Waals surface area contributed by atoms with Crippen LogP contribution in [0.4, 0.5) is 5.69 Å². The Morgan fingerprint density at radius 3 is 2.35 bits per heavy atom. The van der Waals surface area contributed by atoms with Crippen molar-refractivity contribution in [2.24, 2.45) is 5.73 Å². The van der Waals surface area contributed by atoms with Crippen LogP contribution < -0.4 is 10.6 Å². The summed E-state index contributed by atoms with van der Waals surface area (Å²) in [6.07, 6.45) is 1.13. The normalized spacial score (nSPS) is 12.9. The zero-order valence-corrected chi connectivity index (χ0v) is 12.0. The number of nitrogens with two attached hydrogens (primary N) is 1. The quantitative estimate of drug-likeness (QED) is 0.861. The minimum absolute atomic E-state index is 0.0183. The second-order valence-electron chi connectivity index (χ2n) is 4.78. The van der Waals surface area contributed by atoms with Crippen molar-refractivity contribution in [3.05, 3.63) is 28.8 Å². The van der Waals surface area contributed by atoms with Crippen LogP contribution in [0.1, 0.15) is 45.7 Å². The first-order valence-corrected chi connectivity index (χ1v) is 6.66. The molecule has 0 fully saturated rings. The number of hydrogen-bond acceptors (Lipinski definition) is 2. The first kappa shape index (κ1) is 14.3. The molecule has 1 rings (SSSR count). The van der Waals surface area contributed by atoms with Gasteiger partial charge in [-0.2, -0.15) is 0 Å². The minimum Gasteiger partial charge on any atom is -0.369 e. The predicted octanol–water partition coefficient (Wildman–Crippen LogP) is 3.98. The van der Waals surface area contributed by atoms with Gasteiger partial charge in [-0.1, -0.05) is 24.6 Å². The summed E-state index contributed by atoms with van der Waals surface area (Å²) in [6.45, 7) is 9.58. The van der Waals surface area contributed by atoms with Gasteiger partial charge in [-0.15, -0.1) is 0 Å². The van der Waals surface area contributed by atoms with Crippen LogP contribution in [0.2, 0.25) is 5.02 Å². The van der Waals surface area contributed by atoms with Gasteiger partial charge in [0, 0.05) is 29.3 Å². The molecular weight excluding hydrogens is 232 g/mol. The van der Waals surface area contributed by atoms with Crippen LogP contribution in [-0.2, 0) is 0 Å². The Labute approximate surface area is 110 Å². The van der Waals surface area contributed by atoms with Crippen LogP contribution in [0.15, 0.2) is 18.2 Å². The van der Waals surface area contributed by atoms with Crippen LogP contribution in [0.3, 0.4) is 0 Å². The molecule has 0 aromatic heterocycles. The fourth-order valence-corrected chi connectivity index (χ4v) is 2.34. The van der Waals surface area contributed by atoms with E-state index in [1.165, 1.54) is 5.69 Å². The Morgan fingerprint density at radius 2 is 1.94 bits per heavy atom. The van der Waals surface area contributed by atoms with Gasteiger partial charge in [-0.25, -0.2) is 0 Å². The molecule has 96 valence electrons. The Hall–Kier alpha value is -0.730. The molecule has 0 aliphatic carbocycles. The van der Waals surface area contributed by atoms with Crippen LogP contribution >= 0.6 is 11.6 Å². The summed E-state index contributed by atoms with van der Waals surface area (Å²) in [4.78, 5) is 2.36. The summed E-state index contributed by atoms with van der Waals surface area (Å²) < 4.78 is 0. The molecule has 0 aliphatic rings. The molecule has 1 aromatic carbocycles. The van der Waals surface area contributed by atoms with Gasteiger partial charge in [-0.05, 0) is 44.9 Å². The molecule has 3 heteroatoms. The van der Waals surface area contributed by atoms with Crippen molar-refractivity contribution < 1.29 is 0 Å². The fourth-order valence-electron chi connectivity index (χ4n) is 1.99. The molecule has 0 saturated heterocycles. The maximum atomic E-state index is 6.27. The standard InChI is InChI=1S/C14H23ClN2/c1-5-8-17(10(2)3)12-6-7-13(11(4)16)14(15)9-12/h6-7,9-11H,5,8,16H2,1-4H3. The lowest BCUT2D eigenvalue weighted by atomic mass is 10.1. The number of anilines is 1. The van der Waals surface area contributed by atoms with Crippen molar-refractivity contribution in [3.8, 4) is 0 Å². The summed E-state index contributed by atoms with van der Waals surface area (Å²) in [5.74, 6) is 0. The zero-order valence-electron chi connectivity index (χ0n) is 11.2. The second-order valence-corrected chi connectivity index (χ2v) is 5.19. The first-order valence-electron chi connectivity index (χ1n) is 6.29. The largest absolute Gasteiger partial charge is 0.369 e. The molecule has 0 radical (unpaired) electrons. The molecular formula is C14H23ClN2. The van der Waals surface area contributed by atoms with Gasteiger partial charge >= 0.3 is 0 Å². The van der Waals surface area contributed by atoms with E-state index >= 15 is 0 Å². The molecule has 0 aliphatic heterocycles. The van der Waals surface area contributed by atoms with E-state index in [1.807, 2.05) is 19.1 Å². The van der Waals surface area contributed by atoms with E-state index in [0.717, 1.165) is 23.6 Å². The van der Waals surface area contributed by atoms with Crippen molar-refractivity contribution in [3.63, 3.8) is 0 Å². The SMILES string of the molecule is CCCN(c1ccc(C(C)N)c(Cl)c1)C(C)C. The van der Waals surface area contributed by atoms with Crippen LogP contribution in [-0.4, -0.2) is 12.6 Å². The van der Waals surface area contributed by atoms with Gasteiger partial charge in [0.25, 0.3) is 0 Å². The summed E-state index contributed by atoms with van der Waals surface area (Å²) in [7, 11) is 0. The van der Waals surface area contributed by atoms with E-state index in [2.05, 4.69) is 31.7 Å². The maximum absolute atomic E-state index is 6.27. The lowest BCUT2D eigenvalue weighted by Crippen LogP contribution is -2.31. The molecule has 0 amide bonds. The number of benzene rings is 1. The molecule has 1 unspecified atom stereocenters.